The fourth-order valence-electron chi connectivity index (χ4n) is 1.73. The average molecular weight is 327 g/mol. The number of esters is 1. The Morgan fingerprint density at radius 3 is 2.74 bits per heavy atom. The molecule has 0 aliphatic heterocycles. The molecule has 1 aromatic carbocycles. The minimum absolute atomic E-state index is 0.264. The summed E-state index contributed by atoms with van der Waals surface area (Å²) in [6.07, 6.45) is 2.14. The summed E-state index contributed by atoms with van der Waals surface area (Å²) >= 11 is 3.49. The van der Waals surface area contributed by atoms with Gasteiger partial charge in [-0.25, -0.2) is 0 Å². The lowest BCUT2D eigenvalue weighted by atomic mass is 9.84. The molecule has 0 bridgehead atoms. The van der Waals surface area contributed by atoms with Crippen LogP contribution in [0.1, 0.15) is 19.4 Å². The molecule has 4 heteroatoms. The summed E-state index contributed by atoms with van der Waals surface area (Å²) < 4.78 is 11.2. The zero-order valence-corrected chi connectivity index (χ0v) is 13.1. The van der Waals surface area contributed by atoms with Crippen molar-refractivity contribution in [3.05, 3.63) is 40.9 Å². The van der Waals surface area contributed by atoms with E-state index in [0.717, 1.165) is 15.8 Å². The number of ether oxygens (including phenoxy) is 2. The second kappa shape index (κ2) is 6.75. The van der Waals surface area contributed by atoms with Gasteiger partial charge in [0.15, 0.2) is 0 Å². The average Bonchev–Trinajstić information content (AvgIpc) is 2.41. The van der Waals surface area contributed by atoms with E-state index in [4.69, 9.17) is 9.47 Å². The van der Waals surface area contributed by atoms with Gasteiger partial charge in [-0.1, -0.05) is 22.0 Å². The van der Waals surface area contributed by atoms with Crippen LogP contribution in [0.3, 0.4) is 0 Å². The van der Waals surface area contributed by atoms with Crippen molar-refractivity contribution >= 4 is 21.9 Å². The molecular formula is C15H19BrO3. The SMILES string of the molecule is C=CC(C)(Cc1cc(OC)ccc1Br)C(=O)OCC. The summed E-state index contributed by atoms with van der Waals surface area (Å²) in [6, 6.07) is 5.68. The van der Waals surface area contributed by atoms with Crippen molar-refractivity contribution in [2.45, 2.75) is 20.3 Å². The van der Waals surface area contributed by atoms with Gasteiger partial charge in [0.1, 0.15) is 5.75 Å². The van der Waals surface area contributed by atoms with E-state index < -0.39 is 5.41 Å². The molecule has 3 nitrogen and oxygen atoms in total. The zero-order valence-electron chi connectivity index (χ0n) is 11.5. The van der Waals surface area contributed by atoms with Crippen molar-refractivity contribution in [3.63, 3.8) is 0 Å². The van der Waals surface area contributed by atoms with Gasteiger partial charge in [-0.15, -0.1) is 6.58 Å². The molecule has 0 aromatic heterocycles. The van der Waals surface area contributed by atoms with Crippen LogP contribution >= 0.6 is 15.9 Å². The first kappa shape index (κ1) is 15.8. The van der Waals surface area contributed by atoms with E-state index in [-0.39, 0.29) is 5.97 Å². The van der Waals surface area contributed by atoms with Crippen LogP contribution in [0.5, 0.6) is 5.75 Å². The fraction of sp³-hybridized carbons (Fsp3) is 0.400. The number of benzene rings is 1. The Labute approximate surface area is 122 Å². The molecule has 19 heavy (non-hydrogen) atoms. The lowest BCUT2D eigenvalue weighted by Crippen LogP contribution is -2.30. The molecule has 0 heterocycles. The van der Waals surface area contributed by atoms with Gasteiger partial charge in [0.2, 0.25) is 0 Å². The Morgan fingerprint density at radius 2 is 2.21 bits per heavy atom. The van der Waals surface area contributed by atoms with Crippen molar-refractivity contribution in [1.29, 1.82) is 0 Å². The summed E-state index contributed by atoms with van der Waals surface area (Å²) in [4.78, 5) is 12.0. The van der Waals surface area contributed by atoms with Gasteiger partial charge in [-0.2, -0.15) is 0 Å². The van der Waals surface area contributed by atoms with E-state index in [1.165, 1.54) is 0 Å². The van der Waals surface area contributed by atoms with Crippen LogP contribution in [-0.2, 0) is 16.0 Å². The fourth-order valence-corrected chi connectivity index (χ4v) is 2.12. The minimum atomic E-state index is -0.745. The molecule has 0 fully saturated rings. The van der Waals surface area contributed by atoms with Crippen LogP contribution < -0.4 is 4.74 Å². The van der Waals surface area contributed by atoms with Gasteiger partial charge < -0.3 is 9.47 Å². The number of carbonyl (C=O) groups excluding carboxylic acids is 1. The third kappa shape index (κ3) is 3.83. The van der Waals surface area contributed by atoms with E-state index in [0.29, 0.717) is 13.0 Å². The predicted octanol–water partition coefficient (Wildman–Crippen LogP) is 3.76. The van der Waals surface area contributed by atoms with Crippen LogP contribution in [-0.4, -0.2) is 19.7 Å². The van der Waals surface area contributed by atoms with Crippen LogP contribution in [0.15, 0.2) is 35.3 Å². The Balaban J connectivity index is 3.04. The maximum Gasteiger partial charge on any atom is 0.315 e. The predicted molar refractivity (Wildman–Crippen MR) is 79.3 cm³/mol. The van der Waals surface area contributed by atoms with Crippen LogP contribution in [0.2, 0.25) is 0 Å². The molecule has 1 rings (SSSR count). The first-order valence-electron chi connectivity index (χ1n) is 6.10. The van der Waals surface area contributed by atoms with Crippen molar-refractivity contribution in [2.24, 2.45) is 5.41 Å². The van der Waals surface area contributed by atoms with Crippen LogP contribution in [0, 0.1) is 5.41 Å². The van der Waals surface area contributed by atoms with Crippen molar-refractivity contribution in [3.8, 4) is 5.75 Å². The lowest BCUT2D eigenvalue weighted by molar-refractivity contribution is -0.151. The summed E-state index contributed by atoms with van der Waals surface area (Å²) in [7, 11) is 1.62. The number of halogens is 1. The highest BCUT2D eigenvalue weighted by atomic mass is 79.9. The maximum atomic E-state index is 12.0. The van der Waals surface area contributed by atoms with Gasteiger partial charge in [0.25, 0.3) is 0 Å². The van der Waals surface area contributed by atoms with Crippen LogP contribution in [0.25, 0.3) is 0 Å². The second-order valence-corrected chi connectivity index (χ2v) is 5.33. The molecule has 0 amide bonds. The standard InChI is InChI=1S/C15H19BrO3/c1-5-15(3,14(17)19-6-2)10-11-9-12(18-4)7-8-13(11)16/h5,7-9H,1,6,10H2,2-4H3. The highest BCUT2D eigenvalue weighted by Crippen LogP contribution is 2.31. The smallest absolute Gasteiger partial charge is 0.315 e. The Kier molecular flexibility index (Phi) is 5.60. The van der Waals surface area contributed by atoms with Gasteiger partial charge in [0.05, 0.1) is 19.1 Å². The van der Waals surface area contributed by atoms with E-state index in [2.05, 4.69) is 22.5 Å². The lowest BCUT2D eigenvalue weighted by Gasteiger charge is -2.24. The normalized spacial score (nSPS) is 13.5. The van der Waals surface area contributed by atoms with Gasteiger partial charge >= 0.3 is 5.97 Å². The van der Waals surface area contributed by atoms with Crippen LogP contribution in [0.4, 0.5) is 0 Å². The van der Waals surface area contributed by atoms with E-state index in [1.54, 1.807) is 20.1 Å². The molecule has 0 saturated carbocycles. The molecular weight excluding hydrogens is 308 g/mol. The monoisotopic (exact) mass is 326 g/mol. The number of hydrogen-bond acceptors (Lipinski definition) is 3. The highest BCUT2D eigenvalue weighted by molar-refractivity contribution is 9.10. The molecule has 0 N–H and O–H groups in total. The second-order valence-electron chi connectivity index (χ2n) is 4.48. The Bertz CT molecular complexity index is 470. The maximum absolute atomic E-state index is 12.0. The quantitative estimate of drug-likeness (QED) is 0.590. The van der Waals surface area contributed by atoms with Crippen molar-refractivity contribution in [2.75, 3.05) is 13.7 Å². The van der Waals surface area contributed by atoms with Gasteiger partial charge in [-0.05, 0) is 44.0 Å². The molecule has 1 unspecified atom stereocenters. The molecule has 1 aromatic rings. The van der Waals surface area contributed by atoms with Gasteiger partial charge in [-0.3, -0.25) is 4.79 Å². The summed E-state index contributed by atoms with van der Waals surface area (Å²) in [5.74, 6) is 0.494. The van der Waals surface area contributed by atoms with Gasteiger partial charge in [0, 0.05) is 4.47 Å². The summed E-state index contributed by atoms with van der Waals surface area (Å²) in [5.41, 5.74) is 0.236. The number of carbonyl (C=O) groups is 1. The topological polar surface area (TPSA) is 35.5 Å². The highest BCUT2D eigenvalue weighted by Gasteiger charge is 2.32. The molecule has 0 aliphatic rings. The minimum Gasteiger partial charge on any atom is -0.497 e. The van der Waals surface area contributed by atoms with E-state index >= 15 is 0 Å². The third-order valence-corrected chi connectivity index (χ3v) is 3.78. The molecule has 0 spiro atoms. The largest absolute Gasteiger partial charge is 0.497 e. The molecule has 1 atom stereocenters. The molecule has 104 valence electrons. The Hall–Kier alpha value is -1.29. The Morgan fingerprint density at radius 1 is 1.53 bits per heavy atom. The third-order valence-electron chi connectivity index (χ3n) is 3.00. The van der Waals surface area contributed by atoms with E-state index in [9.17, 15) is 4.79 Å². The number of methoxy groups -OCH3 is 1. The summed E-state index contributed by atoms with van der Waals surface area (Å²) in [5, 5.41) is 0. The van der Waals surface area contributed by atoms with Crippen molar-refractivity contribution < 1.29 is 14.3 Å². The first-order chi connectivity index (χ1) is 8.96. The number of hydrogen-bond donors (Lipinski definition) is 0. The molecule has 0 saturated heterocycles. The van der Waals surface area contributed by atoms with Crippen molar-refractivity contribution in [1.82, 2.24) is 0 Å². The number of rotatable bonds is 6. The van der Waals surface area contributed by atoms with E-state index in [1.807, 2.05) is 25.1 Å². The zero-order chi connectivity index (χ0) is 14.5. The molecule has 0 aliphatic carbocycles. The first-order valence-corrected chi connectivity index (χ1v) is 6.89. The molecule has 0 radical (unpaired) electrons. The summed E-state index contributed by atoms with van der Waals surface area (Å²) in [6.45, 7) is 7.74.